The van der Waals surface area contributed by atoms with Crippen LogP contribution >= 0.6 is 11.8 Å². The second-order valence-corrected chi connectivity index (χ2v) is 7.13. The van der Waals surface area contributed by atoms with E-state index >= 15 is 0 Å². The SMILES string of the molecule is CCC1=CCC(C2c3ccccc3Sc3ccccc32)C=C1. The number of fused-ring (bicyclic) bond motifs is 2. The molecule has 1 heteroatoms. The predicted molar refractivity (Wildman–Crippen MR) is 94.5 cm³/mol. The van der Waals surface area contributed by atoms with Crippen LogP contribution in [0.15, 0.2) is 82.1 Å². The summed E-state index contributed by atoms with van der Waals surface area (Å²) < 4.78 is 0. The van der Waals surface area contributed by atoms with Crippen molar-refractivity contribution in [2.24, 2.45) is 5.92 Å². The highest BCUT2D eigenvalue weighted by Crippen LogP contribution is 2.50. The summed E-state index contributed by atoms with van der Waals surface area (Å²) in [6.07, 6.45) is 9.49. The summed E-state index contributed by atoms with van der Waals surface area (Å²) >= 11 is 1.92. The lowest BCUT2D eigenvalue weighted by Gasteiger charge is -2.33. The number of hydrogen-bond acceptors (Lipinski definition) is 1. The van der Waals surface area contributed by atoms with Crippen molar-refractivity contribution in [2.75, 3.05) is 0 Å². The van der Waals surface area contributed by atoms with Gasteiger partial charge in [-0.2, -0.15) is 0 Å². The molecule has 2 aromatic rings. The van der Waals surface area contributed by atoms with E-state index < -0.39 is 0 Å². The molecule has 0 N–H and O–H groups in total. The molecule has 0 amide bonds. The third kappa shape index (κ3) is 2.34. The van der Waals surface area contributed by atoms with Gasteiger partial charge in [0.15, 0.2) is 0 Å². The molecule has 0 bridgehead atoms. The number of benzene rings is 2. The van der Waals surface area contributed by atoms with E-state index in [1.54, 1.807) is 0 Å². The van der Waals surface area contributed by atoms with Gasteiger partial charge in [-0.1, -0.05) is 78.9 Å². The molecule has 0 spiro atoms. The van der Waals surface area contributed by atoms with Gasteiger partial charge in [0.2, 0.25) is 0 Å². The predicted octanol–water partition coefficient (Wildman–Crippen LogP) is 6.20. The number of allylic oxidation sites excluding steroid dienone is 4. The Bertz CT molecular complexity index is 709. The lowest BCUT2D eigenvalue weighted by atomic mass is 9.76. The quantitative estimate of drug-likeness (QED) is 0.637. The first-order valence-corrected chi connectivity index (χ1v) is 8.91. The fourth-order valence-corrected chi connectivity index (χ4v) is 4.75. The molecule has 110 valence electrons. The third-order valence-corrected chi connectivity index (χ3v) is 5.96. The molecule has 0 aromatic heterocycles. The molecule has 0 saturated carbocycles. The van der Waals surface area contributed by atoms with Crippen LogP contribution in [0.4, 0.5) is 0 Å². The van der Waals surface area contributed by atoms with Crippen LogP contribution < -0.4 is 0 Å². The van der Waals surface area contributed by atoms with E-state index in [1.165, 1.54) is 26.5 Å². The summed E-state index contributed by atoms with van der Waals surface area (Å²) in [6.45, 7) is 2.23. The van der Waals surface area contributed by atoms with Gasteiger partial charge in [0.1, 0.15) is 0 Å². The Kier molecular flexibility index (Phi) is 3.67. The van der Waals surface area contributed by atoms with Gasteiger partial charge >= 0.3 is 0 Å². The molecular weight excluding hydrogens is 284 g/mol. The second-order valence-electron chi connectivity index (χ2n) is 6.05. The van der Waals surface area contributed by atoms with E-state index in [-0.39, 0.29) is 0 Å². The Morgan fingerprint density at radius 2 is 1.59 bits per heavy atom. The summed E-state index contributed by atoms with van der Waals surface area (Å²) in [6, 6.07) is 17.8. The van der Waals surface area contributed by atoms with E-state index in [0.29, 0.717) is 11.8 Å². The fraction of sp³-hybridized carbons (Fsp3) is 0.238. The van der Waals surface area contributed by atoms with E-state index in [0.717, 1.165) is 12.8 Å². The van der Waals surface area contributed by atoms with Crippen LogP contribution in [0.5, 0.6) is 0 Å². The van der Waals surface area contributed by atoms with Gasteiger partial charge in [-0.15, -0.1) is 0 Å². The van der Waals surface area contributed by atoms with Gasteiger partial charge in [0.05, 0.1) is 0 Å². The zero-order chi connectivity index (χ0) is 14.9. The molecule has 0 nitrogen and oxygen atoms in total. The van der Waals surface area contributed by atoms with Crippen LogP contribution in [0.1, 0.15) is 36.8 Å². The third-order valence-electron chi connectivity index (χ3n) is 4.77. The van der Waals surface area contributed by atoms with Crippen molar-refractivity contribution in [1.29, 1.82) is 0 Å². The van der Waals surface area contributed by atoms with Crippen molar-refractivity contribution in [1.82, 2.24) is 0 Å². The second kappa shape index (κ2) is 5.81. The monoisotopic (exact) mass is 304 g/mol. The Morgan fingerprint density at radius 1 is 0.955 bits per heavy atom. The standard InChI is InChI=1S/C21H20S/c1-2-15-11-13-16(14-12-15)21-17-7-3-5-9-19(17)22-20-10-6-4-8-18(20)21/h3-13,16,21H,2,14H2,1H3. The number of hydrogen-bond donors (Lipinski definition) is 0. The maximum atomic E-state index is 2.44. The van der Waals surface area contributed by atoms with Crippen LogP contribution in [0, 0.1) is 5.92 Å². The minimum Gasteiger partial charge on any atom is -0.0895 e. The molecule has 2 aromatic carbocycles. The van der Waals surface area contributed by atoms with E-state index in [1.807, 2.05) is 11.8 Å². The van der Waals surface area contributed by atoms with E-state index in [9.17, 15) is 0 Å². The molecule has 1 heterocycles. The van der Waals surface area contributed by atoms with Gasteiger partial charge in [0, 0.05) is 15.7 Å². The molecule has 1 atom stereocenters. The average molecular weight is 304 g/mol. The molecular formula is C21H20S. The Balaban J connectivity index is 1.79. The zero-order valence-electron chi connectivity index (χ0n) is 12.8. The fourth-order valence-electron chi connectivity index (χ4n) is 3.60. The van der Waals surface area contributed by atoms with Crippen LogP contribution in [-0.4, -0.2) is 0 Å². The van der Waals surface area contributed by atoms with Gasteiger partial charge in [0.25, 0.3) is 0 Å². The van der Waals surface area contributed by atoms with Gasteiger partial charge in [-0.25, -0.2) is 0 Å². The smallest absolute Gasteiger partial charge is 0.0178 e. The highest BCUT2D eigenvalue weighted by atomic mass is 32.2. The molecule has 4 rings (SSSR count). The van der Waals surface area contributed by atoms with Gasteiger partial charge in [-0.05, 0) is 42.0 Å². The van der Waals surface area contributed by atoms with Crippen LogP contribution in [0.3, 0.4) is 0 Å². The maximum absolute atomic E-state index is 2.44. The summed E-state index contributed by atoms with van der Waals surface area (Å²) in [7, 11) is 0. The lowest BCUT2D eigenvalue weighted by molar-refractivity contribution is 0.553. The number of rotatable bonds is 2. The summed E-state index contributed by atoms with van der Waals surface area (Å²) in [5, 5.41) is 0. The zero-order valence-corrected chi connectivity index (χ0v) is 13.6. The Morgan fingerprint density at radius 3 is 2.14 bits per heavy atom. The highest BCUT2D eigenvalue weighted by Gasteiger charge is 2.31. The molecule has 0 radical (unpaired) electrons. The van der Waals surface area contributed by atoms with Crippen LogP contribution in [0.25, 0.3) is 0 Å². The van der Waals surface area contributed by atoms with Crippen LogP contribution in [0.2, 0.25) is 0 Å². The van der Waals surface area contributed by atoms with Crippen molar-refractivity contribution < 1.29 is 0 Å². The lowest BCUT2D eigenvalue weighted by Crippen LogP contribution is -2.17. The van der Waals surface area contributed by atoms with Crippen molar-refractivity contribution in [3.63, 3.8) is 0 Å². The van der Waals surface area contributed by atoms with Crippen molar-refractivity contribution >= 4 is 11.8 Å². The van der Waals surface area contributed by atoms with Crippen molar-refractivity contribution in [3.05, 3.63) is 83.5 Å². The molecule has 1 aliphatic heterocycles. The summed E-state index contributed by atoms with van der Waals surface area (Å²) in [5.74, 6) is 1.05. The van der Waals surface area contributed by atoms with Crippen LogP contribution in [-0.2, 0) is 0 Å². The summed E-state index contributed by atoms with van der Waals surface area (Å²) in [5.41, 5.74) is 4.46. The Hall–Kier alpha value is -1.73. The first kappa shape index (κ1) is 13.9. The molecule has 0 fully saturated rings. The minimum atomic E-state index is 0.486. The molecule has 0 saturated heterocycles. The van der Waals surface area contributed by atoms with Gasteiger partial charge < -0.3 is 0 Å². The molecule has 22 heavy (non-hydrogen) atoms. The van der Waals surface area contributed by atoms with E-state index in [4.69, 9.17) is 0 Å². The minimum absolute atomic E-state index is 0.486. The molecule has 1 unspecified atom stereocenters. The Labute approximate surface area is 137 Å². The molecule has 2 aliphatic rings. The largest absolute Gasteiger partial charge is 0.0895 e. The topological polar surface area (TPSA) is 0 Å². The summed E-state index contributed by atoms with van der Waals surface area (Å²) in [4.78, 5) is 2.84. The van der Waals surface area contributed by atoms with Crippen molar-refractivity contribution in [3.8, 4) is 0 Å². The molecule has 1 aliphatic carbocycles. The highest BCUT2D eigenvalue weighted by molar-refractivity contribution is 7.99. The first-order valence-electron chi connectivity index (χ1n) is 8.09. The van der Waals surface area contributed by atoms with Crippen molar-refractivity contribution in [2.45, 2.75) is 35.5 Å². The normalized spacial score (nSPS) is 20.2. The van der Waals surface area contributed by atoms with E-state index in [2.05, 4.69) is 73.7 Å². The average Bonchev–Trinajstić information content (AvgIpc) is 2.60. The first-order chi connectivity index (χ1) is 10.9. The van der Waals surface area contributed by atoms with Gasteiger partial charge in [-0.3, -0.25) is 0 Å². The maximum Gasteiger partial charge on any atom is 0.0178 e.